The van der Waals surface area contributed by atoms with Gasteiger partial charge in [0.2, 0.25) is 0 Å². The summed E-state index contributed by atoms with van der Waals surface area (Å²) in [5.74, 6) is -0.338. The Morgan fingerprint density at radius 2 is 2.14 bits per heavy atom. The van der Waals surface area contributed by atoms with Crippen LogP contribution in [0.15, 0.2) is 30.4 Å². The molecule has 116 valence electrons. The van der Waals surface area contributed by atoms with Gasteiger partial charge in [0.15, 0.2) is 6.10 Å². The van der Waals surface area contributed by atoms with Gasteiger partial charge < -0.3 is 14.5 Å². The van der Waals surface area contributed by atoms with Gasteiger partial charge in [-0.3, -0.25) is 0 Å². The molecule has 0 radical (unpaired) electrons. The van der Waals surface area contributed by atoms with Crippen LogP contribution < -0.4 is 0 Å². The van der Waals surface area contributed by atoms with Crippen LogP contribution >= 0.6 is 0 Å². The van der Waals surface area contributed by atoms with Gasteiger partial charge in [-0.1, -0.05) is 13.5 Å². The maximum Gasteiger partial charge on any atom is 0.337 e. The van der Waals surface area contributed by atoms with Crippen molar-refractivity contribution in [3.8, 4) is 0 Å². The molecule has 0 fully saturated rings. The Kier molecular flexibility index (Phi) is 4.60. The third-order valence-corrected chi connectivity index (χ3v) is 3.19. The first kappa shape index (κ1) is 15.8. The minimum Gasteiger partial charge on any atom is -0.465 e. The zero-order chi connectivity index (χ0) is 16.3. The summed E-state index contributed by atoms with van der Waals surface area (Å²) in [4.78, 5) is 30.7. The number of aromatic nitrogens is 2. The number of imidazole rings is 1. The molecule has 1 N–H and O–H groups in total. The first-order valence-electron chi connectivity index (χ1n) is 6.90. The molecule has 22 heavy (non-hydrogen) atoms. The lowest BCUT2D eigenvalue weighted by Crippen LogP contribution is -2.12. The normalized spacial score (nSPS) is 12.0. The summed E-state index contributed by atoms with van der Waals surface area (Å²) in [6.45, 7) is 7.05. The maximum absolute atomic E-state index is 11.7. The third-order valence-electron chi connectivity index (χ3n) is 3.19. The number of rotatable bonds is 5. The Bertz CT molecular complexity index is 733. The Hall–Kier alpha value is -2.63. The standard InChI is InChI=1S/C16H18N2O4/c1-5-13(22-15(19)9(2)3)14-17-11-7-6-10(16(20)21-4)8-12(11)18-14/h6-8,13H,2,5H2,1,3-4H3,(H,17,18). The highest BCUT2D eigenvalue weighted by atomic mass is 16.5. The number of benzene rings is 1. The second-order valence-electron chi connectivity index (χ2n) is 4.93. The topological polar surface area (TPSA) is 81.3 Å². The zero-order valence-corrected chi connectivity index (χ0v) is 12.8. The molecule has 0 saturated heterocycles. The predicted octanol–water partition coefficient (Wildman–Crippen LogP) is 2.92. The molecule has 0 spiro atoms. The zero-order valence-electron chi connectivity index (χ0n) is 12.8. The highest BCUT2D eigenvalue weighted by molar-refractivity contribution is 5.93. The van der Waals surface area contributed by atoms with E-state index >= 15 is 0 Å². The van der Waals surface area contributed by atoms with Crippen LogP contribution in [0, 0.1) is 0 Å². The second-order valence-corrected chi connectivity index (χ2v) is 4.93. The van der Waals surface area contributed by atoms with Crippen molar-refractivity contribution in [3.05, 3.63) is 41.7 Å². The molecule has 2 rings (SSSR count). The second kappa shape index (κ2) is 6.43. The number of ether oxygens (including phenoxy) is 2. The molecule has 0 saturated carbocycles. The lowest BCUT2D eigenvalue weighted by Gasteiger charge is -2.13. The van der Waals surface area contributed by atoms with E-state index < -0.39 is 18.0 Å². The van der Waals surface area contributed by atoms with Crippen molar-refractivity contribution >= 4 is 23.0 Å². The molecule has 0 bridgehead atoms. The number of aromatic amines is 1. The lowest BCUT2D eigenvalue weighted by molar-refractivity contribution is -0.145. The van der Waals surface area contributed by atoms with Crippen LogP contribution in [-0.2, 0) is 14.3 Å². The monoisotopic (exact) mass is 302 g/mol. The van der Waals surface area contributed by atoms with Crippen LogP contribution in [0.4, 0.5) is 0 Å². The van der Waals surface area contributed by atoms with E-state index in [-0.39, 0.29) is 0 Å². The molecular weight excluding hydrogens is 284 g/mol. The fraction of sp³-hybridized carbons (Fsp3) is 0.312. The van der Waals surface area contributed by atoms with Crippen molar-refractivity contribution in [3.63, 3.8) is 0 Å². The predicted molar refractivity (Wildman–Crippen MR) is 81.4 cm³/mol. The van der Waals surface area contributed by atoms with Gasteiger partial charge >= 0.3 is 11.9 Å². The number of hydrogen-bond donors (Lipinski definition) is 1. The third kappa shape index (κ3) is 3.16. The lowest BCUT2D eigenvalue weighted by atomic mass is 10.2. The van der Waals surface area contributed by atoms with Gasteiger partial charge in [-0.25, -0.2) is 14.6 Å². The van der Waals surface area contributed by atoms with E-state index in [4.69, 9.17) is 4.74 Å². The maximum atomic E-state index is 11.7. The summed E-state index contributed by atoms with van der Waals surface area (Å²) in [6.07, 6.45) is 0.0843. The van der Waals surface area contributed by atoms with Crippen molar-refractivity contribution in [1.29, 1.82) is 0 Å². The van der Waals surface area contributed by atoms with E-state index in [9.17, 15) is 9.59 Å². The number of esters is 2. The van der Waals surface area contributed by atoms with E-state index in [1.165, 1.54) is 7.11 Å². The molecule has 2 aromatic rings. The number of fused-ring (bicyclic) bond motifs is 1. The van der Waals surface area contributed by atoms with E-state index in [2.05, 4.69) is 21.3 Å². The first-order chi connectivity index (χ1) is 10.5. The molecule has 1 unspecified atom stereocenters. The van der Waals surface area contributed by atoms with E-state index in [1.807, 2.05) is 6.92 Å². The molecule has 6 heteroatoms. The smallest absolute Gasteiger partial charge is 0.337 e. The van der Waals surface area contributed by atoms with E-state index in [0.717, 1.165) is 0 Å². The summed E-state index contributed by atoms with van der Waals surface area (Å²) in [6, 6.07) is 5.01. The molecule has 1 atom stereocenters. The highest BCUT2D eigenvalue weighted by Gasteiger charge is 2.19. The fourth-order valence-electron chi connectivity index (χ4n) is 1.99. The van der Waals surface area contributed by atoms with Crippen molar-refractivity contribution in [2.45, 2.75) is 26.4 Å². The molecule has 1 heterocycles. The van der Waals surface area contributed by atoms with Crippen LogP contribution in [0.3, 0.4) is 0 Å². The van der Waals surface area contributed by atoms with Gasteiger partial charge in [0, 0.05) is 5.57 Å². The number of methoxy groups -OCH3 is 1. The van der Waals surface area contributed by atoms with Crippen molar-refractivity contribution in [2.24, 2.45) is 0 Å². The average molecular weight is 302 g/mol. The molecule has 1 aromatic carbocycles. The largest absolute Gasteiger partial charge is 0.465 e. The van der Waals surface area contributed by atoms with Crippen LogP contribution in [0.1, 0.15) is 42.6 Å². The minimum atomic E-state index is -0.488. The van der Waals surface area contributed by atoms with Gasteiger partial charge in [0.1, 0.15) is 5.82 Å². The number of carbonyl (C=O) groups excluding carboxylic acids is 2. The quantitative estimate of drug-likeness (QED) is 0.678. The van der Waals surface area contributed by atoms with Crippen LogP contribution in [0.2, 0.25) is 0 Å². The molecule has 0 aliphatic carbocycles. The van der Waals surface area contributed by atoms with Gasteiger partial charge in [-0.05, 0) is 31.5 Å². The SMILES string of the molecule is C=C(C)C(=O)OC(CC)c1nc2ccc(C(=O)OC)cc2[nH]1. The van der Waals surface area contributed by atoms with Gasteiger partial charge in [-0.15, -0.1) is 0 Å². The van der Waals surface area contributed by atoms with Crippen LogP contribution in [0.5, 0.6) is 0 Å². The summed E-state index contributed by atoms with van der Waals surface area (Å²) in [5.41, 5.74) is 2.13. The minimum absolute atomic E-state index is 0.336. The number of hydrogen-bond acceptors (Lipinski definition) is 5. The first-order valence-corrected chi connectivity index (χ1v) is 6.90. The van der Waals surface area contributed by atoms with Gasteiger partial charge in [0.25, 0.3) is 0 Å². The molecule has 1 aromatic heterocycles. The van der Waals surface area contributed by atoms with Crippen molar-refractivity contribution in [2.75, 3.05) is 7.11 Å². The Labute approximate surface area is 128 Å². The number of carbonyl (C=O) groups is 2. The van der Waals surface area contributed by atoms with Crippen LogP contribution in [-0.4, -0.2) is 29.0 Å². The van der Waals surface area contributed by atoms with Gasteiger partial charge in [-0.2, -0.15) is 0 Å². The van der Waals surface area contributed by atoms with E-state index in [1.54, 1.807) is 25.1 Å². The Balaban J connectivity index is 2.32. The molecule has 0 aliphatic heterocycles. The van der Waals surface area contributed by atoms with Crippen molar-refractivity contribution < 1.29 is 19.1 Å². The molecule has 0 amide bonds. The summed E-state index contributed by atoms with van der Waals surface area (Å²) in [7, 11) is 1.33. The molecule has 0 aliphatic rings. The van der Waals surface area contributed by atoms with E-state index in [0.29, 0.717) is 34.4 Å². The summed E-state index contributed by atoms with van der Waals surface area (Å²) >= 11 is 0. The average Bonchev–Trinajstić information content (AvgIpc) is 2.93. The molecule has 6 nitrogen and oxygen atoms in total. The number of nitrogens with zero attached hydrogens (tertiary/aromatic N) is 1. The fourth-order valence-corrected chi connectivity index (χ4v) is 1.99. The highest BCUT2D eigenvalue weighted by Crippen LogP contribution is 2.23. The van der Waals surface area contributed by atoms with Gasteiger partial charge in [0.05, 0.1) is 23.7 Å². The summed E-state index contributed by atoms with van der Waals surface area (Å²) in [5, 5.41) is 0. The number of nitrogens with one attached hydrogen (secondary N) is 1. The number of H-pyrrole nitrogens is 1. The van der Waals surface area contributed by atoms with Crippen LogP contribution in [0.25, 0.3) is 11.0 Å². The van der Waals surface area contributed by atoms with Crippen molar-refractivity contribution in [1.82, 2.24) is 9.97 Å². The molecular formula is C16H18N2O4. The summed E-state index contributed by atoms with van der Waals surface area (Å²) < 4.78 is 10.0. The Morgan fingerprint density at radius 3 is 2.73 bits per heavy atom. The Morgan fingerprint density at radius 1 is 1.41 bits per heavy atom.